The first kappa shape index (κ1) is 14.5. The summed E-state index contributed by atoms with van der Waals surface area (Å²) in [5.41, 5.74) is 5.98. The maximum Gasteiger partial charge on any atom is 0.239 e. The molecule has 0 aromatic heterocycles. The van der Waals surface area contributed by atoms with Crippen molar-refractivity contribution >= 4 is 5.91 Å². The lowest BCUT2D eigenvalue weighted by Crippen LogP contribution is -2.52. The molecule has 4 nitrogen and oxygen atoms in total. The van der Waals surface area contributed by atoms with E-state index in [2.05, 4.69) is 5.32 Å². The van der Waals surface area contributed by atoms with E-state index < -0.39 is 5.54 Å². The van der Waals surface area contributed by atoms with Crippen molar-refractivity contribution < 1.29 is 9.53 Å². The highest BCUT2D eigenvalue weighted by molar-refractivity contribution is 5.85. The summed E-state index contributed by atoms with van der Waals surface area (Å²) in [5, 5.41) is 2.82. The summed E-state index contributed by atoms with van der Waals surface area (Å²) in [6.45, 7) is 7.67. The van der Waals surface area contributed by atoms with Crippen LogP contribution in [0.4, 0.5) is 0 Å². The van der Waals surface area contributed by atoms with E-state index in [1.165, 1.54) is 0 Å². The van der Waals surface area contributed by atoms with E-state index in [4.69, 9.17) is 10.5 Å². The number of rotatable bonds is 5. The first-order valence-electron chi connectivity index (χ1n) is 6.08. The van der Waals surface area contributed by atoms with Gasteiger partial charge in [0, 0.05) is 0 Å². The average Bonchev–Trinajstić information content (AvgIpc) is 2.25. The van der Waals surface area contributed by atoms with Crippen molar-refractivity contribution in [1.82, 2.24) is 5.32 Å². The number of carbonyl (C=O) groups is 1. The highest BCUT2D eigenvalue weighted by Gasteiger charge is 2.23. The van der Waals surface area contributed by atoms with Crippen molar-refractivity contribution in [2.75, 3.05) is 6.61 Å². The molecule has 0 bridgehead atoms. The maximum atomic E-state index is 11.6. The monoisotopic (exact) mass is 250 g/mol. The Hall–Kier alpha value is -1.55. The number of hydrogen-bond donors (Lipinski definition) is 2. The molecule has 0 aliphatic carbocycles. The van der Waals surface area contributed by atoms with E-state index in [9.17, 15) is 4.79 Å². The van der Waals surface area contributed by atoms with Crippen molar-refractivity contribution in [3.63, 3.8) is 0 Å². The minimum Gasteiger partial charge on any atom is -0.491 e. The summed E-state index contributed by atoms with van der Waals surface area (Å²) in [4.78, 5) is 11.6. The molecule has 3 N–H and O–H groups in total. The maximum absolute atomic E-state index is 11.6. The van der Waals surface area contributed by atoms with Crippen LogP contribution in [0.3, 0.4) is 0 Å². The van der Waals surface area contributed by atoms with Gasteiger partial charge in [0.15, 0.2) is 0 Å². The Morgan fingerprint density at radius 2 is 2.17 bits per heavy atom. The van der Waals surface area contributed by atoms with Gasteiger partial charge in [-0.2, -0.15) is 0 Å². The number of benzene rings is 1. The second-order valence-corrected chi connectivity index (χ2v) is 5.22. The topological polar surface area (TPSA) is 64.3 Å². The fourth-order valence-electron chi connectivity index (χ4n) is 1.38. The summed E-state index contributed by atoms with van der Waals surface area (Å²) >= 11 is 0. The van der Waals surface area contributed by atoms with E-state index in [1.54, 1.807) is 13.8 Å². The second kappa shape index (κ2) is 5.87. The molecule has 100 valence electrons. The third-order valence-electron chi connectivity index (χ3n) is 2.45. The fourth-order valence-corrected chi connectivity index (χ4v) is 1.38. The van der Waals surface area contributed by atoms with Crippen molar-refractivity contribution in [2.45, 2.75) is 39.3 Å². The number of ether oxygens (including phenoxy) is 1. The van der Waals surface area contributed by atoms with Crippen LogP contribution in [0.5, 0.6) is 5.75 Å². The molecule has 0 radical (unpaired) electrons. The Morgan fingerprint density at radius 3 is 2.72 bits per heavy atom. The average molecular weight is 250 g/mol. The second-order valence-electron chi connectivity index (χ2n) is 5.22. The van der Waals surface area contributed by atoms with Gasteiger partial charge in [0.25, 0.3) is 0 Å². The molecule has 0 spiro atoms. The molecular formula is C14H22N2O2. The van der Waals surface area contributed by atoms with Gasteiger partial charge >= 0.3 is 0 Å². The van der Waals surface area contributed by atoms with Crippen LogP contribution in [-0.4, -0.2) is 24.1 Å². The minimum absolute atomic E-state index is 0.0826. The minimum atomic E-state index is -0.863. The van der Waals surface area contributed by atoms with Crippen molar-refractivity contribution in [1.29, 1.82) is 0 Å². The Kier molecular flexibility index (Phi) is 4.73. The molecule has 1 aromatic carbocycles. The van der Waals surface area contributed by atoms with E-state index >= 15 is 0 Å². The smallest absolute Gasteiger partial charge is 0.239 e. The predicted molar refractivity (Wildman–Crippen MR) is 72.5 cm³/mol. The Morgan fingerprint density at radius 1 is 1.50 bits per heavy atom. The highest BCUT2D eigenvalue weighted by atomic mass is 16.5. The quantitative estimate of drug-likeness (QED) is 0.834. The number of nitrogens with two attached hydrogens (primary N) is 1. The van der Waals surface area contributed by atoms with Crippen LogP contribution >= 0.6 is 0 Å². The summed E-state index contributed by atoms with van der Waals surface area (Å²) in [6.07, 6.45) is 0. The zero-order valence-corrected chi connectivity index (χ0v) is 11.5. The molecule has 0 heterocycles. The van der Waals surface area contributed by atoms with Crippen LogP contribution in [0.2, 0.25) is 0 Å². The predicted octanol–water partition coefficient (Wildman–Crippen LogP) is 1.62. The van der Waals surface area contributed by atoms with Crippen LogP contribution in [0, 0.1) is 6.92 Å². The molecule has 1 rings (SSSR count). The van der Waals surface area contributed by atoms with Gasteiger partial charge in [-0.1, -0.05) is 12.1 Å². The summed E-state index contributed by atoms with van der Waals surface area (Å²) < 4.78 is 5.61. The molecular weight excluding hydrogens is 228 g/mol. The van der Waals surface area contributed by atoms with E-state index in [-0.39, 0.29) is 11.9 Å². The molecule has 1 amide bonds. The first-order valence-corrected chi connectivity index (χ1v) is 6.08. The summed E-state index contributed by atoms with van der Waals surface area (Å²) in [5.74, 6) is 0.631. The van der Waals surface area contributed by atoms with E-state index in [0.717, 1.165) is 11.3 Å². The summed E-state index contributed by atoms with van der Waals surface area (Å²) in [7, 11) is 0. The van der Waals surface area contributed by atoms with Crippen molar-refractivity contribution in [3.05, 3.63) is 29.8 Å². The normalized spacial score (nSPS) is 12.9. The van der Waals surface area contributed by atoms with Gasteiger partial charge in [0.2, 0.25) is 5.91 Å². The molecule has 1 aromatic rings. The third kappa shape index (κ3) is 4.75. The third-order valence-corrected chi connectivity index (χ3v) is 2.45. The van der Waals surface area contributed by atoms with Gasteiger partial charge in [-0.15, -0.1) is 0 Å². The molecule has 0 fully saturated rings. The number of nitrogens with one attached hydrogen (secondary N) is 1. The molecule has 1 atom stereocenters. The largest absolute Gasteiger partial charge is 0.491 e. The number of amides is 1. The van der Waals surface area contributed by atoms with Crippen molar-refractivity contribution in [2.24, 2.45) is 5.73 Å². The van der Waals surface area contributed by atoms with Gasteiger partial charge in [-0.25, -0.2) is 0 Å². The Labute approximate surface area is 109 Å². The molecule has 4 heteroatoms. The number of hydrogen-bond acceptors (Lipinski definition) is 3. The van der Waals surface area contributed by atoms with Crippen LogP contribution in [0.15, 0.2) is 24.3 Å². The molecule has 0 saturated heterocycles. The van der Waals surface area contributed by atoms with Crippen LogP contribution in [0.25, 0.3) is 0 Å². The fraction of sp³-hybridized carbons (Fsp3) is 0.500. The molecule has 0 saturated carbocycles. The standard InChI is InChI=1S/C14H22N2O2/c1-10-6-5-7-12(8-10)18-9-11(2)16-13(17)14(3,4)15/h5-8,11H,9,15H2,1-4H3,(H,16,17). The number of aryl methyl sites for hydroxylation is 1. The van der Waals surface area contributed by atoms with Crippen LogP contribution in [0.1, 0.15) is 26.3 Å². The zero-order valence-electron chi connectivity index (χ0n) is 11.5. The number of carbonyl (C=O) groups excluding carboxylic acids is 1. The van der Waals surface area contributed by atoms with E-state index in [0.29, 0.717) is 6.61 Å². The van der Waals surface area contributed by atoms with Gasteiger partial charge in [0.1, 0.15) is 12.4 Å². The van der Waals surface area contributed by atoms with Gasteiger partial charge < -0.3 is 15.8 Å². The molecule has 18 heavy (non-hydrogen) atoms. The molecule has 1 unspecified atom stereocenters. The van der Waals surface area contributed by atoms with Crippen LogP contribution in [-0.2, 0) is 4.79 Å². The van der Waals surface area contributed by atoms with Gasteiger partial charge in [0.05, 0.1) is 11.6 Å². The Balaban J connectivity index is 2.42. The zero-order chi connectivity index (χ0) is 13.8. The SMILES string of the molecule is Cc1cccc(OCC(C)NC(=O)C(C)(C)N)c1. The van der Waals surface area contributed by atoms with Crippen molar-refractivity contribution in [3.8, 4) is 5.75 Å². The lowest BCUT2D eigenvalue weighted by Gasteiger charge is -2.22. The summed E-state index contributed by atoms with van der Waals surface area (Å²) in [6, 6.07) is 7.72. The molecule has 0 aliphatic heterocycles. The van der Waals surface area contributed by atoms with Gasteiger partial charge in [-0.05, 0) is 45.4 Å². The first-order chi connectivity index (χ1) is 8.29. The molecule has 0 aliphatic rings. The highest BCUT2D eigenvalue weighted by Crippen LogP contribution is 2.12. The lowest BCUT2D eigenvalue weighted by atomic mass is 10.1. The Bertz CT molecular complexity index is 411. The lowest BCUT2D eigenvalue weighted by molar-refractivity contribution is -0.126. The van der Waals surface area contributed by atoms with Crippen LogP contribution < -0.4 is 15.8 Å². The van der Waals surface area contributed by atoms with E-state index in [1.807, 2.05) is 38.1 Å². The van der Waals surface area contributed by atoms with Gasteiger partial charge in [-0.3, -0.25) is 4.79 Å².